The highest BCUT2D eigenvalue weighted by molar-refractivity contribution is 6.39. The lowest BCUT2D eigenvalue weighted by molar-refractivity contribution is -0.153. The second kappa shape index (κ2) is 7.07. The summed E-state index contributed by atoms with van der Waals surface area (Å²) in [5, 5.41) is 7.66. The molecule has 2 heterocycles. The van der Waals surface area contributed by atoms with Crippen molar-refractivity contribution in [2.45, 2.75) is 13.1 Å². The molecule has 0 bridgehead atoms. The van der Waals surface area contributed by atoms with Crippen molar-refractivity contribution in [2.24, 2.45) is 7.05 Å². The van der Waals surface area contributed by atoms with Gasteiger partial charge in [-0.15, -0.1) is 0 Å². The molecule has 0 saturated heterocycles. The number of halogens is 4. The molecular weight excluding hydrogens is 385 g/mol. The molecule has 142 valence electrons. The Labute approximate surface area is 156 Å². The SMILES string of the molecule is Cc1nn(C)c2ncc(C(=O)Nc3ccc(OCC(F)(F)F)cc3)c(Cl)c12. The number of amides is 1. The quantitative estimate of drug-likeness (QED) is 0.717. The average Bonchev–Trinajstić information content (AvgIpc) is 2.88. The van der Waals surface area contributed by atoms with Crippen LogP contribution in [0.2, 0.25) is 5.02 Å². The number of alkyl halides is 3. The molecule has 0 spiro atoms. The van der Waals surface area contributed by atoms with Crippen LogP contribution in [0, 0.1) is 6.92 Å². The number of rotatable bonds is 4. The summed E-state index contributed by atoms with van der Waals surface area (Å²) in [6, 6.07) is 5.52. The van der Waals surface area contributed by atoms with E-state index in [0.29, 0.717) is 22.4 Å². The maximum absolute atomic E-state index is 12.5. The van der Waals surface area contributed by atoms with Crippen LogP contribution in [-0.4, -0.2) is 33.5 Å². The summed E-state index contributed by atoms with van der Waals surface area (Å²) in [5.41, 5.74) is 1.74. The highest BCUT2D eigenvalue weighted by atomic mass is 35.5. The van der Waals surface area contributed by atoms with Gasteiger partial charge in [0.15, 0.2) is 12.3 Å². The van der Waals surface area contributed by atoms with Crippen LogP contribution in [-0.2, 0) is 7.05 Å². The van der Waals surface area contributed by atoms with Crippen LogP contribution in [0.5, 0.6) is 5.75 Å². The molecule has 3 rings (SSSR count). The van der Waals surface area contributed by atoms with Crippen molar-refractivity contribution in [2.75, 3.05) is 11.9 Å². The Morgan fingerprint density at radius 1 is 1.30 bits per heavy atom. The Kier molecular flexibility index (Phi) is 4.97. The van der Waals surface area contributed by atoms with Crippen molar-refractivity contribution in [3.05, 3.63) is 46.7 Å². The molecular formula is C17H14ClF3N4O2. The Morgan fingerprint density at radius 2 is 1.96 bits per heavy atom. The lowest BCUT2D eigenvalue weighted by Crippen LogP contribution is -2.19. The topological polar surface area (TPSA) is 69.0 Å². The minimum Gasteiger partial charge on any atom is -0.484 e. The van der Waals surface area contributed by atoms with E-state index in [2.05, 4.69) is 20.1 Å². The number of aryl methyl sites for hydroxylation is 2. The van der Waals surface area contributed by atoms with Gasteiger partial charge in [0.2, 0.25) is 0 Å². The fourth-order valence-corrected chi connectivity index (χ4v) is 2.88. The Bertz CT molecular complexity index is 1000. The fraction of sp³-hybridized carbons (Fsp3) is 0.235. The van der Waals surface area contributed by atoms with E-state index in [-0.39, 0.29) is 16.3 Å². The number of carbonyl (C=O) groups is 1. The molecule has 10 heteroatoms. The Morgan fingerprint density at radius 3 is 2.59 bits per heavy atom. The standard InChI is InChI=1S/C17H14ClF3N4O2/c1-9-13-14(18)12(7-22-15(13)25(2)24-9)16(26)23-10-3-5-11(6-4-10)27-8-17(19,20)21/h3-7H,8H2,1-2H3,(H,23,26). The van der Waals surface area contributed by atoms with Gasteiger partial charge in [0.05, 0.1) is 21.7 Å². The second-order valence-electron chi connectivity index (χ2n) is 5.78. The lowest BCUT2D eigenvalue weighted by atomic mass is 10.2. The number of aromatic nitrogens is 3. The van der Waals surface area contributed by atoms with Crippen molar-refractivity contribution >= 4 is 34.2 Å². The van der Waals surface area contributed by atoms with Gasteiger partial charge in [-0.05, 0) is 31.2 Å². The van der Waals surface area contributed by atoms with E-state index in [1.54, 1.807) is 18.7 Å². The summed E-state index contributed by atoms with van der Waals surface area (Å²) in [7, 11) is 1.72. The molecule has 6 nitrogen and oxygen atoms in total. The van der Waals surface area contributed by atoms with Gasteiger partial charge in [0.25, 0.3) is 5.91 Å². The molecule has 3 aromatic rings. The molecule has 1 N–H and O–H groups in total. The molecule has 0 unspecified atom stereocenters. The van der Waals surface area contributed by atoms with Crippen molar-refractivity contribution in [1.82, 2.24) is 14.8 Å². The van der Waals surface area contributed by atoms with Crippen molar-refractivity contribution in [1.29, 1.82) is 0 Å². The monoisotopic (exact) mass is 398 g/mol. The molecule has 0 aliphatic rings. The number of nitrogens with one attached hydrogen (secondary N) is 1. The summed E-state index contributed by atoms with van der Waals surface area (Å²) in [6.45, 7) is 0.377. The van der Waals surface area contributed by atoms with Crippen LogP contribution in [0.25, 0.3) is 11.0 Å². The molecule has 27 heavy (non-hydrogen) atoms. The van der Waals surface area contributed by atoms with E-state index in [9.17, 15) is 18.0 Å². The first-order chi connectivity index (χ1) is 12.7. The Balaban J connectivity index is 1.77. The molecule has 0 saturated carbocycles. The Hall–Kier alpha value is -2.81. The second-order valence-corrected chi connectivity index (χ2v) is 6.15. The van der Waals surface area contributed by atoms with Gasteiger partial charge in [-0.2, -0.15) is 18.3 Å². The normalized spacial score (nSPS) is 11.6. The third kappa shape index (κ3) is 4.13. The zero-order chi connectivity index (χ0) is 19.8. The predicted molar refractivity (Wildman–Crippen MR) is 94.2 cm³/mol. The van der Waals surface area contributed by atoms with Crippen LogP contribution < -0.4 is 10.1 Å². The molecule has 0 radical (unpaired) electrons. The number of hydrogen-bond acceptors (Lipinski definition) is 4. The summed E-state index contributed by atoms with van der Waals surface area (Å²) in [4.78, 5) is 16.7. The van der Waals surface area contributed by atoms with Gasteiger partial charge in [-0.25, -0.2) is 4.98 Å². The number of anilines is 1. The zero-order valence-corrected chi connectivity index (χ0v) is 15.0. The highest BCUT2D eigenvalue weighted by Crippen LogP contribution is 2.29. The third-order valence-electron chi connectivity index (χ3n) is 3.72. The van der Waals surface area contributed by atoms with Crippen molar-refractivity contribution < 1.29 is 22.7 Å². The summed E-state index contributed by atoms with van der Waals surface area (Å²) < 4.78 is 42.6. The molecule has 2 aromatic heterocycles. The predicted octanol–water partition coefficient (Wildman–Crippen LogP) is 4.12. The average molecular weight is 399 g/mol. The van der Waals surface area contributed by atoms with Crippen LogP contribution in [0.3, 0.4) is 0 Å². The number of hydrogen-bond donors (Lipinski definition) is 1. The summed E-state index contributed by atoms with van der Waals surface area (Å²) in [6.07, 6.45) is -3.07. The first kappa shape index (κ1) is 19.0. The van der Waals surface area contributed by atoms with Crippen LogP contribution in [0.1, 0.15) is 16.1 Å². The molecule has 0 atom stereocenters. The van der Waals surface area contributed by atoms with Crippen molar-refractivity contribution in [3.8, 4) is 5.75 Å². The van der Waals surface area contributed by atoms with E-state index in [1.807, 2.05) is 0 Å². The van der Waals surface area contributed by atoms with Gasteiger partial charge in [0.1, 0.15) is 5.75 Å². The molecule has 0 aliphatic heterocycles. The number of benzene rings is 1. The molecule has 1 amide bonds. The van der Waals surface area contributed by atoms with E-state index in [0.717, 1.165) is 0 Å². The number of pyridine rings is 1. The van der Waals surface area contributed by atoms with Crippen LogP contribution >= 0.6 is 11.6 Å². The van der Waals surface area contributed by atoms with Crippen LogP contribution in [0.15, 0.2) is 30.5 Å². The minimum absolute atomic E-state index is 0.0393. The highest BCUT2D eigenvalue weighted by Gasteiger charge is 2.28. The number of nitrogens with zero attached hydrogens (tertiary/aromatic N) is 3. The van der Waals surface area contributed by atoms with E-state index in [1.165, 1.54) is 30.5 Å². The molecule has 0 aliphatic carbocycles. The first-order valence-corrected chi connectivity index (χ1v) is 8.12. The summed E-state index contributed by atoms with van der Waals surface area (Å²) >= 11 is 6.35. The number of ether oxygens (including phenoxy) is 1. The van der Waals surface area contributed by atoms with E-state index >= 15 is 0 Å². The number of fused-ring (bicyclic) bond motifs is 1. The van der Waals surface area contributed by atoms with E-state index in [4.69, 9.17) is 11.6 Å². The van der Waals surface area contributed by atoms with Crippen molar-refractivity contribution in [3.63, 3.8) is 0 Å². The van der Waals surface area contributed by atoms with Gasteiger partial charge in [-0.3, -0.25) is 9.48 Å². The fourth-order valence-electron chi connectivity index (χ4n) is 2.52. The molecule has 0 fully saturated rings. The molecule has 1 aromatic carbocycles. The lowest BCUT2D eigenvalue weighted by Gasteiger charge is -2.10. The minimum atomic E-state index is -4.42. The van der Waals surface area contributed by atoms with E-state index < -0.39 is 18.7 Å². The third-order valence-corrected chi connectivity index (χ3v) is 4.12. The summed E-state index contributed by atoms with van der Waals surface area (Å²) in [5.74, 6) is -0.459. The number of carbonyl (C=O) groups excluding carboxylic acids is 1. The van der Waals surface area contributed by atoms with Gasteiger partial charge < -0.3 is 10.1 Å². The maximum Gasteiger partial charge on any atom is 0.422 e. The largest absolute Gasteiger partial charge is 0.484 e. The van der Waals surface area contributed by atoms with Gasteiger partial charge >= 0.3 is 6.18 Å². The van der Waals surface area contributed by atoms with Crippen LogP contribution in [0.4, 0.5) is 18.9 Å². The zero-order valence-electron chi connectivity index (χ0n) is 14.3. The van der Waals surface area contributed by atoms with Gasteiger partial charge in [-0.1, -0.05) is 11.6 Å². The first-order valence-electron chi connectivity index (χ1n) is 7.74. The maximum atomic E-state index is 12.5. The smallest absolute Gasteiger partial charge is 0.422 e. The van der Waals surface area contributed by atoms with Gasteiger partial charge in [0, 0.05) is 18.9 Å².